The van der Waals surface area contributed by atoms with Crippen LogP contribution in [0.1, 0.15) is 52.1 Å². The third-order valence-corrected chi connectivity index (χ3v) is 4.74. The van der Waals surface area contributed by atoms with E-state index in [2.05, 4.69) is 6.58 Å². The first kappa shape index (κ1) is 22.5. The molecule has 1 N–H and O–H groups in total. The van der Waals surface area contributed by atoms with Crippen molar-refractivity contribution in [3.05, 3.63) is 69.8 Å². The molecular formula is C23H25ClO5. The average molecular weight is 417 g/mol. The third-order valence-electron chi connectivity index (χ3n) is 4.49. The summed E-state index contributed by atoms with van der Waals surface area (Å²) in [4.78, 5) is 25.5. The van der Waals surface area contributed by atoms with Crippen molar-refractivity contribution in [2.24, 2.45) is 0 Å². The van der Waals surface area contributed by atoms with Gasteiger partial charge in [0.05, 0.1) is 13.7 Å². The zero-order valence-electron chi connectivity index (χ0n) is 16.9. The summed E-state index contributed by atoms with van der Waals surface area (Å²) in [5.41, 5.74) is 2.48. The summed E-state index contributed by atoms with van der Waals surface area (Å²) in [6.45, 7) is 7.64. The monoisotopic (exact) mass is 416 g/mol. The van der Waals surface area contributed by atoms with Crippen molar-refractivity contribution in [1.82, 2.24) is 0 Å². The standard InChI is InChI=1S/C23H25ClO5/c1-5-29-23(27)22-18(12-19(25)15-7-9-16(24)10-8-15)17(11-6-14(2)3)21(28-4)13-20(22)26/h7-10,13,26H,2,5-6,11-12H2,1,3-4H3. The Morgan fingerprint density at radius 2 is 1.83 bits per heavy atom. The van der Waals surface area contributed by atoms with E-state index in [-0.39, 0.29) is 30.1 Å². The van der Waals surface area contributed by atoms with Crippen LogP contribution in [0.15, 0.2) is 42.5 Å². The van der Waals surface area contributed by atoms with E-state index in [9.17, 15) is 14.7 Å². The SMILES string of the molecule is C=C(C)CCc1c(OC)cc(O)c(C(=O)OCC)c1CC(=O)c1ccc(Cl)cc1. The number of methoxy groups -OCH3 is 1. The first-order chi connectivity index (χ1) is 13.8. The van der Waals surface area contributed by atoms with Crippen LogP contribution in [0.5, 0.6) is 11.5 Å². The van der Waals surface area contributed by atoms with Crippen molar-refractivity contribution in [3.8, 4) is 11.5 Å². The predicted octanol–water partition coefficient (Wildman–Crippen LogP) is 5.17. The second-order valence-corrected chi connectivity index (χ2v) is 7.15. The van der Waals surface area contributed by atoms with Gasteiger partial charge in [0.1, 0.15) is 17.1 Å². The summed E-state index contributed by atoms with van der Waals surface area (Å²) >= 11 is 5.90. The van der Waals surface area contributed by atoms with Gasteiger partial charge in [-0.15, -0.1) is 6.58 Å². The van der Waals surface area contributed by atoms with Crippen LogP contribution in [0, 0.1) is 0 Å². The van der Waals surface area contributed by atoms with Crippen LogP contribution < -0.4 is 4.74 Å². The molecule has 0 amide bonds. The summed E-state index contributed by atoms with van der Waals surface area (Å²) in [6, 6.07) is 7.90. The lowest BCUT2D eigenvalue weighted by Gasteiger charge is -2.19. The molecule has 0 saturated heterocycles. The number of esters is 1. The number of aromatic hydroxyl groups is 1. The Morgan fingerprint density at radius 1 is 1.17 bits per heavy atom. The lowest BCUT2D eigenvalue weighted by molar-refractivity contribution is 0.0521. The molecule has 0 bridgehead atoms. The van der Waals surface area contributed by atoms with Crippen LogP contribution in [0.3, 0.4) is 0 Å². The summed E-state index contributed by atoms with van der Waals surface area (Å²) < 4.78 is 10.5. The zero-order valence-corrected chi connectivity index (χ0v) is 17.6. The number of hydrogen-bond acceptors (Lipinski definition) is 5. The number of carbonyl (C=O) groups is 2. The largest absolute Gasteiger partial charge is 0.507 e. The minimum atomic E-state index is -0.678. The summed E-state index contributed by atoms with van der Waals surface area (Å²) in [6.07, 6.45) is 1.06. The van der Waals surface area contributed by atoms with E-state index in [1.165, 1.54) is 13.2 Å². The summed E-state index contributed by atoms with van der Waals surface area (Å²) in [7, 11) is 1.48. The lowest BCUT2D eigenvalue weighted by Crippen LogP contribution is -2.15. The Kier molecular flexibility index (Phi) is 7.85. The number of halogens is 1. The molecule has 0 unspecified atom stereocenters. The molecule has 6 heteroatoms. The Bertz CT molecular complexity index is 916. The molecule has 0 heterocycles. The normalized spacial score (nSPS) is 10.5. The molecule has 29 heavy (non-hydrogen) atoms. The number of phenols is 1. The van der Waals surface area contributed by atoms with E-state index in [0.717, 1.165) is 5.57 Å². The fourth-order valence-electron chi connectivity index (χ4n) is 3.06. The number of hydrogen-bond donors (Lipinski definition) is 1. The number of allylic oxidation sites excluding steroid dienone is 1. The quantitative estimate of drug-likeness (QED) is 0.347. The van der Waals surface area contributed by atoms with Crippen LogP contribution >= 0.6 is 11.6 Å². The first-order valence-electron chi connectivity index (χ1n) is 9.30. The molecule has 2 rings (SSSR count). The molecule has 0 radical (unpaired) electrons. The number of carbonyl (C=O) groups excluding carboxylic acids is 2. The van der Waals surface area contributed by atoms with Crippen LogP contribution in [-0.4, -0.2) is 30.6 Å². The van der Waals surface area contributed by atoms with Gasteiger partial charge in [0, 0.05) is 23.1 Å². The minimum Gasteiger partial charge on any atom is -0.507 e. The highest BCUT2D eigenvalue weighted by molar-refractivity contribution is 6.30. The van der Waals surface area contributed by atoms with E-state index < -0.39 is 5.97 Å². The Labute approximate surface area is 175 Å². The Morgan fingerprint density at radius 3 is 2.38 bits per heavy atom. The topological polar surface area (TPSA) is 72.8 Å². The molecule has 0 aliphatic rings. The molecule has 0 aliphatic carbocycles. The molecule has 2 aromatic rings. The zero-order chi connectivity index (χ0) is 21.6. The van der Waals surface area contributed by atoms with E-state index in [4.69, 9.17) is 21.1 Å². The summed E-state index contributed by atoms with van der Waals surface area (Å²) in [5.74, 6) is -0.756. The molecule has 2 aromatic carbocycles. The Balaban J connectivity index is 2.60. The highest BCUT2D eigenvalue weighted by Crippen LogP contribution is 2.36. The van der Waals surface area contributed by atoms with Gasteiger partial charge in [0.25, 0.3) is 0 Å². The fraction of sp³-hybridized carbons (Fsp3) is 0.304. The second-order valence-electron chi connectivity index (χ2n) is 6.71. The molecule has 154 valence electrons. The van der Waals surface area contributed by atoms with Crippen LogP contribution in [0.4, 0.5) is 0 Å². The van der Waals surface area contributed by atoms with E-state index in [1.807, 2.05) is 6.92 Å². The lowest BCUT2D eigenvalue weighted by atomic mass is 9.90. The van der Waals surface area contributed by atoms with E-state index in [0.29, 0.717) is 40.3 Å². The van der Waals surface area contributed by atoms with Crippen LogP contribution in [0.2, 0.25) is 5.02 Å². The van der Waals surface area contributed by atoms with Gasteiger partial charge in [-0.3, -0.25) is 4.79 Å². The van der Waals surface area contributed by atoms with Crippen molar-refractivity contribution >= 4 is 23.4 Å². The molecule has 0 aliphatic heterocycles. The number of phenolic OH excluding ortho intramolecular Hbond substituents is 1. The second kappa shape index (κ2) is 10.1. The highest BCUT2D eigenvalue weighted by atomic mass is 35.5. The van der Waals surface area contributed by atoms with Crippen molar-refractivity contribution in [1.29, 1.82) is 0 Å². The van der Waals surface area contributed by atoms with Gasteiger partial charge in [-0.2, -0.15) is 0 Å². The molecule has 0 spiro atoms. The maximum Gasteiger partial charge on any atom is 0.342 e. The van der Waals surface area contributed by atoms with Gasteiger partial charge < -0.3 is 14.6 Å². The van der Waals surface area contributed by atoms with Crippen molar-refractivity contribution in [2.75, 3.05) is 13.7 Å². The predicted molar refractivity (Wildman–Crippen MR) is 113 cm³/mol. The van der Waals surface area contributed by atoms with Gasteiger partial charge in [0.2, 0.25) is 0 Å². The van der Waals surface area contributed by atoms with Crippen LogP contribution in [0.25, 0.3) is 0 Å². The number of benzene rings is 2. The fourth-order valence-corrected chi connectivity index (χ4v) is 3.18. The molecule has 0 atom stereocenters. The van der Waals surface area contributed by atoms with E-state index in [1.54, 1.807) is 31.2 Å². The van der Waals surface area contributed by atoms with Gasteiger partial charge in [-0.25, -0.2) is 4.79 Å². The van der Waals surface area contributed by atoms with Crippen molar-refractivity contribution in [3.63, 3.8) is 0 Å². The average Bonchev–Trinajstić information content (AvgIpc) is 2.67. The van der Waals surface area contributed by atoms with Crippen molar-refractivity contribution in [2.45, 2.75) is 33.1 Å². The third kappa shape index (κ3) is 5.61. The minimum absolute atomic E-state index is 0.00770. The number of Topliss-reactive ketones (excluding diaryl/α,β-unsaturated/α-hetero) is 1. The molecule has 0 aromatic heterocycles. The first-order valence-corrected chi connectivity index (χ1v) is 9.68. The Hall–Kier alpha value is -2.79. The van der Waals surface area contributed by atoms with Gasteiger partial charge in [-0.1, -0.05) is 17.2 Å². The number of ether oxygens (including phenoxy) is 2. The molecule has 0 fully saturated rings. The van der Waals surface area contributed by atoms with Gasteiger partial charge in [-0.05, 0) is 62.1 Å². The van der Waals surface area contributed by atoms with E-state index >= 15 is 0 Å². The highest BCUT2D eigenvalue weighted by Gasteiger charge is 2.26. The molecule has 5 nitrogen and oxygen atoms in total. The molecule has 0 saturated carbocycles. The maximum absolute atomic E-state index is 12.9. The number of ketones is 1. The van der Waals surface area contributed by atoms with Gasteiger partial charge in [0.15, 0.2) is 5.78 Å². The van der Waals surface area contributed by atoms with Crippen molar-refractivity contribution < 1.29 is 24.2 Å². The molecular weight excluding hydrogens is 392 g/mol. The maximum atomic E-state index is 12.9. The summed E-state index contributed by atoms with van der Waals surface area (Å²) in [5, 5.41) is 11.0. The smallest absolute Gasteiger partial charge is 0.342 e. The van der Waals surface area contributed by atoms with Crippen LogP contribution in [-0.2, 0) is 17.6 Å². The van der Waals surface area contributed by atoms with Gasteiger partial charge >= 0.3 is 5.97 Å². The number of rotatable bonds is 9.